The van der Waals surface area contributed by atoms with Crippen LogP contribution in [-0.4, -0.2) is 24.7 Å². The Morgan fingerprint density at radius 1 is 0.737 bits per heavy atom. The number of ether oxygens (including phenoxy) is 1. The summed E-state index contributed by atoms with van der Waals surface area (Å²) in [5, 5.41) is 0. The molecule has 1 heterocycles. The molecule has 222 valence electrons. The predicted molar refractivity (Wildman–Crippen MR) is 161 cm³/mol. The number of hydrogen-bond donors (Lipinski definition) is 2. The number of hydrazine groups is 1. The molecule has 2 aliphatic carbocycles. The second-order valence-electron chi connectivity index (χ2n) is 13.5. The Morgan fingerprint density at radius 3 is 1.89 bits per heavy atom. The molecular weight excluding hydrogens is 468 g/mol. The van der Waals surface area contributed by atoms with Crippen LogP contribution >= 0.6 is 0 Å². The molecule has 0 radical (unpaired) electrons. The first-order valence-electron chi connectivity index (χ1n) is 17.3. The summed E-state index contributed by atoms with van der Waals surface area (Å²) >= 11 is 0. The highest BCUT2D eigenvalue weighted by Crippen LogP contribution is 2.57. The van der Waals surface area contributed by atoms with E-state index in [9.17, 15) is 4.79 Å². The van der Waals surface area contributed by atoms with E-state index in [1.54, 1.807) is 0 Å². The molecule has 1 saturated heterocycles. The minimum Gasteiger partial charge on any atom is -0.466 e. The summed E-state index contributed by atoms with van der Waals surface area (Å²) in [5.41, 5.74) is 7.96. The van der Waals surface area contributed by atoms with Gasteiger partial charge in [0.25, 0.3) is 0 Å². The van der Waals surface area contributed by atoms with Gasteiger partial charge in [-0.15, -0.1) is 0 Å². The third-order valence-electron chi connectivity index (χ3n) is 10.3. The SMILES string of the molecule is CCCCCCCCCCCCOC(=O)CCC1CC2(CCCNN2)CC12CCCCCCCCCCC2. The zero-order valence-corrected chi connectivity index (χ0v) is 25.4. The molecule has 0 aromatic rings. The Kier molecular flexibility index (Phi) is 15.7. The van der Waals surface area contributed by atoms with E-state index in [2.05, 4.69) is 17.8 Å². The minimum absolute atomic E-state index is 0.0555. The molecule has 1 aliphatic heterocycles. The van der Waals surface area contributed by atoms with Gasteiger partial charge in [0, 0.05) is 18.5 Å². The summed E-state index contributed by atoms with van der Waals surface area (Å²) in [6.07, 6.45) is 35.3. The summed E-state index contributed by atoms with van der Waals surface area (Å²) in [5.74, 6) is 0.711. The van der Waals surface area contributed by atoms with Crippen LogP contribution in [0.1, 0.15) is 180 Å². The molecule has 0 aromatic carbocycles. The first-order chi connectivity index (χ1) is 18.7. The van der Waals surface area contributed by atoms with Crippen molar-refractivity contribution in [3.05, 3.63) is 0 Å². The van der Waals surface area contributed by atoms with Gasteiger partial charge in [0.2, 0.25) is 0 Å². The van der Waals surface area contributed by atoms with Crippen molar-refractivity contribution in [1.29, 1.82) is 0 Å². The third kappa shape index (κ3) is 11.5. The van der Waals surface area contributed by atoms with Crippen LogP contribution in [0.4, 0.5) is 0 Å². The van der Waals surface area contributed by atoms with Gasteiger partial charge < -0.3 is 4.74 Å². The Hall–Kier alpha value is -0.610. The lowest BCUT2D eigenvalue weighted by Gasteiger charge is -2.39. The van der Waals surface area contributed by atoms with Gasteiger partial charge in [-0.05, 0) is 62.7 Å². The van der Waals surface area contributed by atoms with Gasteiger partial charge in [-0.1, -0.05) is 122 Å². The second kappa shape index (κ2) is 18.7. The van der Waals surface area contributed by atoms with Gasteiger partial charge in [-0.2, -0.15) is 0 Å². The van der Waals surface area contributed by atoms with Gasteiger partial charge in [-0.3, -0.25) is 15.6 Å². The number of carbonyl (C=O) groups excluding carboxylic acids is 1. The van der Waals surface area contributed by atoms with Crippen molar-refractivity contribution in [2.24, 2.45) is 11.3 Å². The van der Waals surface area contributed by atoms with E-state index >= 15 is 0 Å². The molecule has 0 amide bonds. The predicted octanol–water partition coefficient (Wildman–Crippen LogP) is 9.56. The van der Waals surface area contributed by atoms with Crippen molar-refractivity contribution in [1.82, 2.24) is 10.9 Å². The highest BCUT2D eigenvalue weighted by atomic mass is 16.5. The Morgan fingerprint density at radius 2 is 1.32 bits per heavy atom. The fourth-order valence-corrected chi connectivity index (χ4v) is 8.14. The number of carbonyl (C=O) groups is 1. The molecule has 0 aromatic heterocycles. The van der Waals surface area contributed by atoms with Crippen LogP contribution in [0.2, 0.25) is 0 Å². The highest BCUT2D eigenvalue weighted by molar-refractivity contribution is 5.69. The number of esters is 1. The molecule has 38 heavy (non-hydrogen) atoms. The molecule has 4 heteroatoms. The van der Waals surface area contributed by atoms with Crippen LogP contribution in [0, 0.1) is 11.3 Å². The lowest BCUT2D eigenvalue weighted by molar-refractivity contribution is -0.144. The summed E-state index contributed by atoms with van der Waals surface area (Å²) in [4.78, 5) is 12.8. The molecule has 2 saturated carbocycles. The standard InChI is InChI=1S/C34H64N2O2/c1-2-3-4-5-6-7-11-14-17-20-28-38-32(37)23-22-31-29-34(26-21-27-35-36-34)30-33(31)24-18-15-12-9-8-10-13-16-19-25-33/h31,35-36H,2-30H2,1H3. The molecule has 3 rings (SSSR count). The molecule has 2 atom stereocenters. The van der Waals surface area contributed by atoms with Crippen LogP contribution in [-0.2, 0) is 9.53 Å². The summed E-state index contributed by atoms with van der Waals surface area (Å²) in [7, 11) is 0. The van der Waals surface area contributed by atoms with Crippen LogP contribution in [0.5, 0.6) is 0 Å². The van der Waals surface area contributed by atoms with Crippen LogP contribution in [0.15, 0.2) is 0 Å². The van der Waals surface area contributed by atoms with Crippen molar-refractivity contribution in [2.75, 3.05) is 13.2 Å². The van der Waals surface area contributed by atoms with E-state index in [1.165, 1.54) is 154 Å². The normalized spacial score (nSPS) is 26.7. The molecule has 4 nitrogen and oxygen atoms in total. The van der Waals surface area contributed by atoms with Crippen LogP contribution in [0.25, 0.3) is 0 Å². The Bertz CT molecular complexity index is 604. The largest absolute Gasteiger partial charge is 0.466 e. The summed E-state index contributed by atoms with van der Waals surface area (Å²) < 4.78 is 5.73. The zero-order chi connectivity index (χ0) is 26.8. The van der Waals surface area contributed by atoms with E-state index < -0.39 is 0 Å². The highest BCUT2D eigenvalue weighted by Gasteiger charge is 2.53. The average Bonchev–Trinajstić information content (AvgIpc) is 3.20. The molecule has 2 N–H and O–H groups in total. The van der Waals surface area contributed by atoms with Crippen LogP contribution in [0.3, 0.4) is 0 Å². The Labute approximate surface area is 236 Å². The second-order valence-corrected chi connectivity index (χ2v) is 13.5. The molecular formula is C34H64N2O2. The maximum absolute atomic E-state index is 12.8. The lowest BCUT2D eigenvalue weighted by Crippen LogP contribution is -2.55. The smallest absolute Gasteiger partial charge is 0.305 e. The maximum atomic E-state index is 12.8. The first kappa shape index (κ1) is 31.9. The fourth-order valence-electron chi connectivity index (χ4n) is 8.14. The fraction of sp³-hybridized carbons (Fsp3) is 0.971. The van der Waals surface area contributed by atoms with E-state index in [1.807, 2.05) is 0 Å². The molecule has 2 spiro atoms. The van der Waals surface area contributed by atoms with Crippen LogP contribution < -0.4 is 10.9 Å². The molecule has 3 aliphatic rings. The minimum atomic E-state index is 0.0555. The molecule has 2 unspecified atom stereocenters. The van der Waals surface area contributed by atoms with Gasteiger partial charge in [-0.25, -0.2) is 0 Å². The summed E-state index contributed by atoms with van der Waals surface area (Å²) in [6.45, 7) is 3.99. The van der Waals surface area contributed by atoms with Crippen molar-refractivity contribution in [3.63, 3.8) is 0 Å². The monoisotopic (exact) mass is 532 g/mol. The number of hydrogen-bond acceptors (Lipinski definition) is 4. The van der Waals surface area contributed by atoms with Gasteiger partial charge >= 0.3 is 5.97 Å². The number of nitrogens with one attached hydrogen (secondary N) is 2. The van der Waals surface area contributed by atoms with Crippen molar-refractivity contribution in [3.8, 4) is 0 Å². The van der Waals surface area contributed by atoms with Gasteiger partial charge in [0.15, 0.2) is 0 Å². The zero-order valence-electron chi connectivity index (χ0n) is 25.4. The van der Waals surface area contributed by atoms with Gasteiger partial charge in [0.05, 0.1) is 6.61 Å². The van der Waals surface area contributed by atoms with E-state index in [-0.39, 0.29) is 11.5 Å². The van der Waals surface area contributed by atoms with E-state index in [0.717, 1.165) is 19.4 Å². The van der Waals surface area contributed by atoms with E-state index in [0.29, 0.717) is 24.4 Å². The number of rotatable bonds is 14. The Balaban J connectivity index is 1.41. The van der Waals surface area contributed by atoms with Crippen molar-refractivity contribution >= 4 is 5.97 Å². The molecule has 0 bridgehead atoms. The molecule has 3 fully saturated rings. The van der Waals surface area contributed by atoms with Crippen molar-refractivity contribution in [2.45, 2.75) is 186 Å². The third-order valence-corrected chi connectivity index (χ3v) is 10.3. The first-order valence-corrected chi connectivity index (χ1v) is 17.3. The average molecular weight is 533 g/mol. The number of unbranched alkanes of at least 4 members (excludes halogenated alkanes) is 9. The summed E-state index contributed by atoms with van der Waals surface area (Å²) in [6, 6.07) is 0. The quantitative estimate of drug-likeness (QED) is 0.173. The lowest BCUT2D eigenvalue weighted by atomic mass is 9.68. The maximum Gasteiger partial charge on any atom is 0.305 e. The van der Waals surface area contributed by atoms with Crippen molar-refractivity contribution < 1.29 is 9.53 Å². The topological polar surface area (TPSA) is 50.4 Å². The van der Waals surface area contributed by atoms with E-state index in [4.69, 9.17) is 4.74 Å². The van der Waals surface area contributed by atoms with Gasteiger partial charge in [0.1, 0.15) is 0 Å².